The molecule has 0 spiro atoms. The van der Waals surface area contributed by atoms with Crippen molar-refractivity contribution >= 4 is 17.6 Å². The van der Waals surface area contributed by atoms with Crippen molar-refractivity contribution in [1.82, 2.24) is 4.90 Å². The molecule has 0 aliphatic carbocycles. The molecular formula is C8H24ClNO6. The Morgan fingerprint density at radius 2 is 1.62 bits per heavy atom. The van der Waals surface area contributed by atoms with Crippen LogP contribution in [0.15, 0.2) is 12.7 Å². The maximum Gasteiger partial charge on any atom is 0.330 e. The molecule has 0 rings (SSSR count). The minimum Gasteiger partial charge on any atom is -0.461 e. The number of carbonyl (C=O) groups excluding carboxylic acids is 1. The molecule has 0 aromatic carbocycles. The summed E-state index contributed by atoms with van der Waals surface area (Å²) in [6.07, 6.45) is 2.63. The Balaban J connectivity index is -0.0000000393. The maximum atomic E-state index is 10.4. The molecule has 0 heterocycles. The van der Waals surface area contributed by atoms with Crippen LogP contribution in [0.25, 0.3) is 0 Å². The molecule has 0 saturated carbocycles. The van der Waals surface area contributed by atoms with Crippen molar-refractivity contribution in [3.05, 3.63) is 12.7 Å². The van der Waals surface area contributed by atoms with Gasteiger partial charge in [-0.3, -0.25) is 0 Å². The number of hydrogen-bond donors (Lipinski definition) is 0. The van der Waals surface area contributed by atoms with Crippen molar-refractivity contribution in [2.24, 2.45) is 0 Å². The van der Waals surface area contributed by atoms with E-state index in [9.17, 15) is 4.79 Å². The van der Waals surface area contributed by atoms with E-state index in [1.807, 2.05) is 19.0 Å². The van der Waals surface area contributed by atoms with Gasteiger partial charge in [-0.1, -0.05) is 6.58 Å². The summed E-state index contributed by atoms with van der Waals surface area (Å²) in [6.45, 7) is 4.45. The van der Waals surface area contributed by atoms with Crippen molar-refractivity contribution in [3.8, 4) is 0 Å². The van der Waals surface area contributed by atoms with Gasteiger partial charge in [0.25, 0.3) is 0 Å². The third-order valence-electron chi connectivity index (χ3n) is 0.949. The number of halogens is 1. The predicted octanol–water partition coefficient (Wildman–Crippen LogP) is -2.17. The van der Waals surface area contributed by atoms with Crippen LogP contribution in [0, 0.1) is 0 Å². The molecule has 0 saturated heterocycles. The second-order valence-corrected chi connectivity index (χ2v) is 2.17. The Labute approximate surface area is 101 Å². The second kappa shape index (κ2) is 29.2. The lowest BCUT2D eigenvalue weighted by Crippen LogP contribution is -2.19. The number of rotatable bonds is 4. The first-order valence-corrected chi connectivity index (χ1v) is 4.24. The Bertz CT molecular complexity index is 134. The highest BCUT2D eigenvalue weighted by atomic mass is 35.5. The molecule has 104 valence electrons. The van der Waals surface area contributed by atoms with Crippen molar-refractivity contribution < 1.29 is 31.4 Å². The molecular weight excluding hydrogens is 242 g/mol. The number of likely N-dealkylation sites (N-methyl/N-ethyl adjacent to an activating group) is 1. The van der Waals surface area contributed by atoms with E-state index in [1.54, 1.807) is 0 Å². The van der Waals surface area contributed by atoms with Crippen LogP contribution in [0.2, 0.25) is 0 Å². The average Bonchev–Trinajstić information content (AvgIpc) is 2.07. The van der Waals surface area contributed by atoms with Crippen LogP contribution < -0.4 is 0 Å². The van der Waals surface area contributed by atoms with Gasteiger partial charge in [0.15, 0.2) is 0 Å². The van der Waals surface area contributed by atoms with E-state index in [0.29, 0.717) is 6.61 Å². The first-order chi connectivity index (χ1) is 5.66. The third kappa shape index (κ3) is 37.8. The van der Waals surface area contributed by atoms with Crippen LogP contribution in [0.5, 0.6) is 0 Å². The topological polar surface area (TPSA) is 156 Å². The lowest BCUT2D eigenvalue weighted by Gasteiger charge is -2.07. The van der Waals surface area contributed by atoms with Crippen molar-refractivity contribution in [1.29, 1.82) is 0 Å². The van der Waals surface area contributed by atoms with Gasteiger partial charge in [0.05, 0.1) is 0 Å². The maximum absolute atomic E-state index is 10.4. The zero-order valence-electron chi connectivity index (χ0n) is 9.84. The summed E-state index contributed by atoms with van der Waals surface area (Å²) in [5.74, 6) is -0.359. The summed E-state index contributed by atoms with van der Waals surface area (Å²) >= 11 is 4.64. The Morgan fingerprint density at radius 1 is 1.25 bits per heavy atom. The Kier molecular flexibility index (Phi) is 66.1. The van der Waals surface area contributed by atoms with Gasteiger partial charge < -0.3 is 31.5 Å². The number of carbonyl (C=O) groups is 1. The van der Waals surface area contributed by atoms with Crippen LogP contribution >= 0.6 is 11.6 Å². The summed E-state index contributed by atoms with van der Waals surface area (Å²) in [5, 5.41) is 0. The normalized spacial score (nSPS) is 6.31. The molecule has 0 unspecified atom stereocenters. The SMILES string of the molecule is C=CC(=O)OCCN(C)C.CCl.O.O.O.O. The minimum atomic E-state index is -0.359. The molecule has 0 aliphatic heterocycles. The largest absolute Gasteiger partial charge is 0.461 e. The van der Waals surface area contributed by atoms with E-state index < -0.39 is 0 Å². The monoisotopic (exact) mass is 265 g/mol. The van der Waals surface area contributed by atoms with E-state index >= 15 is 0 Å². The zero-order chi connectivity index (χ0) is 9.98. The average molecular weight is 266 g/mol. The van der Waals surface area contributed by atoms with E-state index in [2.05, 4.69) is 18.2 Å². The van der Waals surface area contributed by atoms with Crippen molar-refractivity contribution in [2.45, 2.75) is 0 Å². The Morgan fingerprint density at radius 3 is 1.88 bits per heavy atom. The number of ether oxygens (including phenoxy) is 1. The van der Waals surface area contributed by atoms with E-state index in [1.165, 1.54) is 6.38 Å². The van der Waals surface area contributed by atoms with Crippen LogP contribution in [-0.4, -0.2) is 66.4 Å². The molecule has 8 N–H and O–H groups in total. The highest BCUT2D eigenvalue weighted by molar-refractivity contribution is 6.15. The molecule has 0 amide bonds. The Hall–Kier alpha value is -0.700. The van der Waals surface area contributed by atoms with Crippen LogP contribution in [0.4, 0.5) is 0 Å². The summed E-state index contributed by atoms with van der Waals surface area (Å²) in [5.41, 5.74) is 0. The summed E-state index contributed by atoms with van der Waals surface area (Å²) in [7, 11) is 3.84. The van der Waals surface area contributed by atoms with Gasteiger partial charge in [-0.25, -0.2) is 4.79 Å². The minimum absolute atomic E-state index is 0. The number of nitrogens with zero attached hydrogens (tertiary/aromatic N) is 1. The quantitative estimate of drug-likeness (QED) is 0.322. The fourth-order valence-corrected chi connectivity index (χ4v) is 0.388. The highest BCUT2D eigenvalue weighted by Crippen LogP contribution is 1.80. The van der Waals surface area contributed by atoms with Gasteiger partial charge in [0, 0.05) is 19.0 Å². The molecule has 7 nitrogen and oxygen atoms in total. The van der Waals surface area contributed by atoms with Gasteiger partial charge in [-0.2, -0.15) is 0 Å². The molecule has 0 aromatic rings. The highest BCUT2D eigenvalue weighted by Gasteiger charge is 1.94. The van der Waals surface area contributed by atoms with Crippen LogP contribution in [0.3, 0.4) is 0 Å². The number of hydrogen-bond acceptors (Lipinski definition) is 3. The second-order valence-electron chi connectivity index (χ2n) is 2.17. The first-order valence-electron chi connectivity index (χ1n) is 3.48. The van der Waals surface area contributed by atoms with Crippen molar-refractivity contribution in [3.63, 3.8) is 0 Å². The lowest BCUT2D eigenvalue weighted by molar-refractivity contribution is -0.137. The molecule has 0 fully saturated rings. The molecule has 16 heavy (non-hydrogen) atoms. The molecule has 0 bridgehead atoms. The zero-order valence-corrected chi connectivity index (χ0v) is 10.6. The van der Waals surface area contributed by atoms with Gasteiger partial charge in [-0.15, -0.1) is 11.6 Å². The molecule has 0 atom stereocenters. The summed E-state index contributed by atoms with van der Waals surface area (Å²) in [6, 6.07) is 0. The van der Waals surface area contributed by atoms with E-state index in [4.69, 9.17) is 4.74 Å². The third-order valence-corrected chi connectivity index (χ3v) is 0.949. The van der Waals surface area contributed by atoms with Crippen LogP contribution in [-0.2, 0) is 9.53 Å². The van der Waals surface area contributed by atoms with Gasteiger partial charge in [0.1, 0.15) is 6.61 Å². The number of alkyl halides is 1. The van der Waals surface area contributed by atoms with Gasteiger partial charge >= 0.3 is 5.97 Å². The number of esters is 1. The summed E-state index contributed by atoms with van der Waals surface area (Å²) < 4.78 is 4.70. The standard InChI is InChI=1S/C7H13NO2.CH3Cl.4H2O/c1-4-7(9)10-6-5-8(2)3;1-2;;;;/h4H,1,5-6H2,2-3H3;1H3;4*1H2. The summed E-state index contributed by atoms with van der Waals surface area (Å²) in [4.78, 5) is 12.4. The molecule has 0 aliphatic rings. The van der Waals surface area contributed by atoms with Crippen molar-refractivity contribution in [2.75, 3.05) is 33.6 Å². The van der Waals surface area contributed by atoms with E-state index in [0.717, 1.165) is 12.6 Å². The smallest absolute Gasteiger partial charge is 0.330 e. The molecule has 0 aromatic heterocycles. The van der Waals surface area contributed by atoms with Gasteiger partial charge in [-0.05, 0) is 14.1 Å². The lowest BCUT2D eigenvalue weighted by atomic mass is 10.6. The fourth-order valence-electron chi connectivity index (χ4n) is 0.388. The van der Waals surface area contributed by atoms with Gasteiger partial charge in [0.2, 0.25) is 0 Å². The first kappa shape index (κ1) is 36.2. The van der Waals surface area contributed by atoms with E-state index in [-0.39, 0.29) is 27.9 Å². The molecule has 8 heteroatoms. The predicted molar refractivity (Wildman–Crippen MR) is 65.9 cm³/mol. The van der Waals surface area contributed by atoms with Crippen LogP contribution in [0.1, 0.15) is 0 Å². The fraction of sp³-hybridized carbons (Fsp3) is 0.625. The molecule has 0 radical (unpaired) electrons.